The molecular formula is C12H23BrN2O2S. The van der Waals surface area contributed by atoms with Gasteiger partial charge < -0.3 is 0 Å². The molecule has 1 atom stereocenters. The Labute approximate surface area is 119 Å². The molecule has 2 saturated heterocycles. The molecule has 0 aromatic rings. The molecule has 2 heterocycles. The fraction of sp³-hybridized carbons (Fsp3) is 1.00. The third kappa shape index (κ3) is 3.08. The van der Waals surface area contributed by atoms with Crippen molar-refractivity contribution >= 4 is 26.1 Å². The fourth-order valence-electron chi connectivity index (χ4n) is 2.80. The van der Waals surface area contributed by atoms with Crippen LogP contribution in [0.5, 0.6) is 0 Å². The van der Waals surface area contributed by atoms with Crippen molar-refractivity contribution < 1.29 is 8.42 Å². The van der Waals surface area contributed by atoms with E-state index in [9.17, 15) is 8.42 Å². The van der Waals surface area contributed by atoms with Crippen LogP contribution in [0.25, 0.3) is 0 Å². The first-order chi connectivity index (χ1) is 8.55. The van der Waals surface area contributed by atoms with Crippen molar-refractivity contribution in [1.82, 2.24) is 8.61 Å². The number of alkyl halides is 1. The van der Waals surface area contributed by atoms with Crippen LogP contribution in [0, 0.1) is 5.92 Å². The predicted octanol–water partition coefficient (Wildman–Crippen LogP) is 2.21. The van der Waals surface area contributed by atoms with E-state index in [0.717, 1.165) is 37.4 Å². The standard InChI is InChI=1S/C12H23BrN2O2S/c1-11-5-8-14(9-6-11)18(16,17)15-7-3-2-4-12(15)10-13/h11-12H,2-10H2,1H3. The third-order valence-electron chi connectivity index (χ3n) is 4.12. The van der Waals surface area contributed by atoms with Gasteiger partial charge >= 0.3 is 0 Å². The van der Waals surface area contributed by atoms with Crippen LogP contribution in [0.4, 0.5) is 0 Å². The van der Waals surface area contributed by atoms with Gasteiger partial charge in [-0.15, -0.1) is 0 Å². The maximum Gasteiger partial charge on any atom is 0.282 e. The van der Waals surface area contributed by atoms with Gasteiger partial charge in [0, 0.05) is 31.0 Å². The third-order valence-corrected chi connectivity index (χ3v) is 6.96. The van der Waals surface area contributed by atoms with Gasteiger partial charge in [-0.05, 0) is 31.6 Å². The Bertz CT molecular complexity index is 366. The number of hydrogen-bond donors (Lipinski definition) is 0. The summed E-state index contributed by atoms with van der Waals surface area (Å²) in [5, 5.41) is 0.747. The highest BCUT2D eigenvalue weighted by Gasteiger charge is 2.37. The lowest BCUT2D eigenvalue weighted by Crippen LogP contribution is -2.52. The molecule has 0 aliphatic carbocycles. The summed E-state index contributed by atoms with van der Waals surface area (Å²) in [6.45, 7) is 4.26. The van der Waals surface area contributed by atoms with Crippen molar-refractivity contribution in [3.63, 3.8) is 0 Å². The molecule has 0 spiro atoms. The minimum atomic E-state index is -3.23. The molecule has 0 bridgehead atoms. The second kappa shape index (κ2) is 6.20. The van der Waals surface area contributed by atoms with Crippen LogP contribution in [0.2, 0.25) is 0 Å². The average Bonchev–Trinajstić information content (AvgIpc) is 2.39. The van der Waals surface area contributed by atoms with Crippen molar-refractivity contribution in [1.29, 1.82) is 0 Å². The quantitative estimate of drug-likeness (QED) is 0.740. The van der Waals surface area contributed by atoms with Crippen LogP contribution < -0.4 is 0 Å². The first-order valence-corrected chi connectivity index (χ1v) is 9.40. The van der Waals surface area contributed by atoms with E-state index in [0.29, 0.717) is 25.6 Å². The van der Waals surface area contributed by atoms with Crippen molar-refractivity contribution in [2.45, 2.75) is 45.1 Å². The predicted molar refractivity (Wildman–Crippen MR) is 77.0 cm³/mol. The van der Waals surface area contributed by atoms with Gasteiger partial charge in [-0.1, -0.05) is 29.3 Å². The summed E-state index contributed by atoms with van der Waals surface area (Å²) in [7, 11) is -3.23. The zero-order chi connectivity index (χ0) is 13.2. The zero-order valence-corrected chi connectivity index (χ0v) is 13.4. The van der Waals surface area contributed by atoms with Crippen molar-refractivity contribution in [3.05, 3.63) is 0 Å². The maximum atomic E-state index is 12.6. The highest BCUT2D eigenvalue weighted by molar-refractivity contribution is 9.09. The van der Waals surface area contributed by atoms with Gasteiger partial charge in [-0.2, -0.15) is 17.0 Å². The van der Waals surface area contributed by atoms with Crippen LogP contribution in [-0.2, 0) is 10.2 Å². The Morgan fingerprint density at radius 1 is 1.11 bits per heavy atom. The van der Waals surface area contributed by atoms with Crippen LogP contribution in [-0.4, -0.2) is 48.0 Å². The fourth-order valence-corrected chi connectivity index (χ4v) is 5.55. The summed E-state index contributed by atoms with van der Waals surface area (Å²) in [5.41, 5.74) is 0. The van der Waals surface area contributed by atoms with Gasteiger partial charge in [-0.3, -0.25) is 0 Å². The minimum absolute atomic E-state index is 0.142. The van der Waals surface area contributed by atoms with Crippen LogP contribution in [0.1, 0.15) is 39.0 Å². The van der Waals surface area contributed by atoms with E-state index in [4.69, 9.17) is 0 Å². The first-order valence-electron chi connectivity index (χ1n) is 6.88. The molecule has 2 rings (SSSR count). The molecule has 106 valence electrons. The van der Waals surface area contributed by atoms with E-state index in [2.05, 4.69) is 22.9 Å². The molecule has 2 fully saturated rings. The van der Waals surface area contributed by atoms with E-state index in [-0.39, 0.29) is 6.04 Å². The van der Waals surface area contributed by atoms with Gasteiger partial charge in [0.25, 0.3) is 10.2 Å². The van der Waals surface area contributed by atoms with E-state index in [1.54, 1.807) is 8.61 Å². The van der Waals surface area contributed by atoms with Gasteiger partial charge in [-0.25, -0.2) is 0 Å². The van der Waals surface area contributed by atoms with Crippen LogP contribution >= 0.6 is 15.9 Å². The Hall–Kier alpha value is 0.350. The largest absolute Gasteiger partial charge is 0.282 e. The maximum absolute atomic E-state index is 12.6. The summed E-state index contributed by atoms with van der Waals surface area (Å²) in [6.07, 6.45) is 5.10. The summed E-state index contributed by atoms with van der Waals surface area (Å²) in [5.74, 6) is 0.657. The van der Waals surface area contributed by atoms with E-state index < -0.39 is 10.2 Å². The molecular weight excluding hydrogens is 316 g/mol. The highest BCUT2D eigenvalue weighted by Crippen LogP contribution is 2.26. The highest BCUT2D eigenvalue weighted by atomic mass is 79.9. The molecule has 0 radical (unpaired) electrons. The summed E-state index contributed by atoms with van der Waals surface area (Å²) in [4.78, 5) is 0. The summed E-state index contributed by atoms with van der Waals surface area (Å²) < 4.78 is 28.7. The van der Waals surface area contributed by atoms with E-state index >= 15 is 0 Å². The van der Waals surface area contributed by atoms with Crippen molar-refractivity contribution in [3.8, 4) is 0 Å². The number of piperidine rings is 2. The Morgan fingerprint density at radius 3 is 2.39 bits per heavy atom. The molecule has 0 N–H and O–H groups in total. The van der Waals surface area contributed by atoms with Crippen molar-refractivity contribution in [2.24, 2.45) is 5.92 Å². The lowest BCUT2D eigenvalue weighted by Gasteiger charge is -2.39. The smallest absolute Gasteiger partial charge is 0.195 e. The second-order valence-electron chi connectivity index (χ2n) is 5.50. The summed E-state index contributed by atoms with van der Waals surface area (Å²) in [6, 6.07) is 0.142. The molecule has 2 aliphatic heterocycles. The van der Waals surface area contributed by atoms with Gasteiger partial charge in [0.1, 0.15) is 0 Å². The van der Waals surface area contributed by atoms with Crippen LogP contribution in [0.3, 0.4) is 0 Å². The monoisotopic (exact) mass is 338 g/mol. The van der Waals surface area contributed by atoms with E-state index in [1.807, 2.05) is 0 Å². The second-order valence-corrected chi connectivity index (χ2v) is 8.03. The SMILES string of the molecule is CC1CCN(S(=O)(=O)N2CCCCC2CBr)CC1. The molecule has 0 saturated carbocycles. The van der Waals surface area contributed by atoms with Crippen molar-refractivity contribution in [2.75, 3.05) is 25.0 Å². The topological polar surface area (TPSA) is 40.6 Å². The Kier molecular flexibility index (Phi) is 5.08. The molecule has 0 aromatic heterocycles. The average molecular weight is 339 g/mol. The zero-order valence-electron chi connectivity index (χ0n) is 11.0. The number of nitrogens with zero attached hydrogens (tertiary/aromatic N) is 2. The molecule has 0 amide bonds. The van der Waals surface area contributed by atoms with Gasteiger partial charge in [0.15, 0.2) is 0 Å². The molecule has 1 unspecified atom stereocenters. The normalized spacial score (nSPS) is 29.6. The number of halogens is 1. The van der Waals surface area contributed by atoms with Gasteiger partial charge in [0.05, 0.1) is 0 Å². The first kappa shape index (κ1) is 14.8. The lowest BCUT2D eigenvalue weighted by molar-refractivity contribution is 0.225. The Balaban J connectivity index is 2.09. The van der Waals surface area contributed by atoms with E-state index in [1.165, 1.54) is 0 Å². The van der Waals surface area contributed by atoms with Crippen LogP contribution in [0.15, 0.2) is 0 Å². The molecule has 6 heteroatoms. The molecule has 0 aromatic carbocycles. The Morgan fingerprint density at radius 2 is 1.78 bits per heavy atom. The lowest BCUT2D eigenvalue weighted by atomic mass is 10.0. The molecule has 4 nitrogen and oxygen atoms in total. The minimum Gasteiger partial charge on any atom is -0.195 e. The summed E-state index contributed by atoms with van der Waals surface area (Å²) >= 11 is 3.45. The number of hydrogen-bond acceptors (Lipinski definition) is 2. The molecule has 2 aliphatic rings. The van der Waals surface area contributed by atoms with Gasteiger partial charge in [0.2, 0.25) is 0 Å². The molecule has 18 heavy (non-hydrogen) atoms. The number of rotatable bonds is 3.